The van der Waals surface area contributed by atoms with Crippen molar-refractivity contribution in [1.82, 2.24) is 10.2 Å². The van der Waals surface area contributed by atoms with E-state index in [4.69, 9.17) is 16.3 Å². The van der Waals surface area contributed by atoms with Gasteiger partial charge in [-0.15, -0.1) is 0 Å². The van der Waals surface area contributed by atoms with Gasteiger partial charge in [0, 0.05) is 36.3 Å². The van der Waals surface area contributed by atoms with E-state index in [0.29, 0.717) is 11.6 Å². The molecule has 1 aromatic rings. The maximum Gasteiger partial charge on any atom is 0.244 e. The molecule has 1 saturated carbocycles. The summed E-state index contributed by atoms with van der Waals surface area (Å²) in [6.45, 7) is 4.22. The summed E-state index contributed by atoms with van der Waals surface area (Å²) in [5.41, 5.74) is 0.954. The van der Waals surface area contributed by atoms with E-state index >= 15 is 0 Å². The van der Waals surface area contributed by atoms with Crippen molar-refractivity contribution in [3.63, 3.8) is 0 Å². The van der Waals surface area contributed by atoms with Gasteiger partial charge in [-0.25, -0.2) is 0 Å². The normalized spacial score (nSPS) is 21.3. The zero-order chi connectivity index (χ0) is 17.5. The maximum absolute atomic E-state index is 12.3. The fraction of sp³-hybridized carbons (Fsp3) is 0.550. The van der Waals surface area contributed by atoms with Crippen LogP contribution in [0.5, 0.6) is 0 Å². The minimum Gasteiger partial charge on any atom is -0.379 e. The van der Waals surface area contributed by atoms with Crippen LogP contribution in [-0.4, -0.2) is 49.2 Å². The van der Waals surface area contributed by atoms with Crippen LogP contribution >= 0.6 is 11.6 Å². The molecule has 1 saturated heterocycles. The average Bonchev–Trinajstić information content (AvgIpc) is 2.67. The Morgan fingerprint density at radius 2 is 1.92 bits per heavy atom. The molecule has 0 spiro atoms. The SMILES string of the molecule is O=C(/C=C\c1ccccc1Cl)NCC1(N2CCOCC2)CCCCC1. The molecule has 1 aliphatic heterocycles. The number of hydrogen-bond acceptors (Lipinski definition) is 3. The Bertz CT molecular complexity index is 605. The van der Waals surface area contributed by atoms with Crippen LogP contribution in [0.4, 0.5) is 0 Å². The molecule has 1 aliphatic carbocycles. The summed E-state index contributed by atoms with van der Waals surface area (Å²) in [4.78, 5) is 14.8. The molecular formula is C20H27ClN2O2. The quantitative estimate of drug-likeness (QED) is 0.815. The number of rotatable bonds is 5. The fourth-order valence-corrected chi connectivity index (χ4v) is 4.14. The van der Waals surface area contributed by atoms with Gasteiger partial charge in [0.15, 0.2) is 0 Å². The van der Waals surface area contributed by atoms with Crippen molar-refractivity contribution in [2.45, 2.75) is 37.6 Å². The Morgan fingerprint density at radius 1 is 1.20 bits per heavy atom. The van der Waals surface area contributed by atoms with Crippen molar-refractivity contribution >= 4 is 23.6 Å². The van der Waals surface area contributed by atoms with Crippen LogP contribution in [0.2, 0.25) is 5.02 Å². The summed E-state index contributed by atoms with van der Waals surface area (Å²) in [5, 5.41) is 3.79. The van der Waals surface area contributed by atoms with Gasteiger partial charge in [0.2, 0.25) is 5.91 Å². The lowest BCUT2D eigenvalue weighted by Gasteiger charge is -2.48. The van der Waals surface area contributed by atoms with E-state index in [0.717, 1.165) is 44.7 Å². The monoisotopic (exact) mass is 362 g/mol. The van der Waals surface area contributed by atoms with Gasteiger partial charge in [0.1, 0.15) is 0 Å². The largest absolute Gasteiger partial charge is 0.379 e. The zero-order valence-electron chi connectivity index (χ0n) is 14.7. The Hall–Kier alpha value is -1.36. The topological polar surface area (TPSA) is 41.6 Å². The van der Waals surface area contributed by atoms with E-state index in [1.807, 2.05) is 24.3 Å². The predicted octanol–water partition coefficient (Wildman–Crippen LogP) is 3.50. The van der Waals surface area contributed by atoms with E-state index in [2.05, 4.69) is 10.2 Å². The van der Waals surface area contributed by atoms with Gasteiger partial charge in [-0.2, -0.15) is 0 Å². The molecule has 0 atom stereocenters. The van der Waals surface area contributed by atoms with Crippen LogP contribution in [0.1, 0.15) is 37.7 Å². The molecule has 2 fully saturated rings. The van der Waals surface area contributed by atoms with Crippen molar-refractivity contribution in [2.75, 3.05) is 32.8 Å². The van der Waals surface area contributed by atoms with Crippen LogP contribution in [0.15, 0.2) is 30.3 Å². The van der Waals surface area contributed by atoms with Gasteiger partial charge in [-0.1, -0.05) is 49.1 Å². The van der Waals surface area contributed by atoms with E-state index in [-0.39, 0.29) is 11.4 Å². The highest BCUT2D eigenvalue weighted by molar-refractivity contribution is 6.32. The number of benzene rings is 1. The summed E-state index contributed by atoms with van der Waals surface area (Å²) in [7, 11) is 0. The predicted molar refractivity (Wildman–Crippen MR) is 102 cm³/mol. The maximum atomic E-state index is 12.3. The third kappa shape index (κ3) is 4.84. The minimum absolute atomic E-state index is 0.0573. The molecule has 136 valence electrons. The fourth-order valence-electron chi connectivity index (χ4n) is 3.94. The summed E-state index contributed by atoms with van der Waals surface area (Å²) in [6, 6.07) is 7.53. The summed E-state index contributed by atoms with van der Waals surface area (Å²) >= 11 is 6.13. The van der Waals surface area contributed by atoms with Crippen LogP contribution < -0.4 is 5.32 Å². The number of nitrogens with zero attached hydrogens (tertiary/aromatic N) is 1. The molecule has 0 aromatic heterocycles. The van der Waals surface area contributed by atoms with Crippen molar-refractivity contribution in [1.29, 1.82) is 0 Å². The van der Waals surface area contributed by atoms with Crippen molar-refractivity contribution in [3.05, 3.63) is 40.9 Å². The molecule has 1 amide bonds. The number of nitrogens with one attached hydrogen (secondary N) is 1. The smallest absolute Gasteiger partial charge is 0.244 e. The van der Waals surface area contributed by atoms with E-state index in [1.165, 1.54) is 19.3 Å². The highest BCUT2D eigenvalue weighted by Gasteiger charge is 2.38. The number of amides is 1. The number of carbonyl (C=O) groups is 1. The van der Waals surface area contributed by atoms with Gasteiger partial charge in [-0.3, -0.25) is 9.69 Å². The third-order valence-electron chi connectivity index (χ3n) is 5.38. The molecule has 25 heavy (non-hydrogen) atoms. The first-order chi connectivity index (χ1) is 12.2. The Kier molecular flexibility index (Phi) is 6.51. The van der Waals surface area contributed by atoms with Crippen LogP contribution in [0.25, 0.3) is 6.08 Å². The van der Waals surface area contributed by atoms with E-state index in [1.54, 1.807) is 12.2 Å². The lowest BCUT2D eigenvalue weighted by molar-refractivity contribution is -0.117. The summed E-state index contributed by atoms with van der Waals surface area (Å²) in [6.07, 6.45) is 9.44. The molecule has 4 nitrogen and oxygen atoms in total. The standard InChI is InChI=1S/C20H27ClN2O2/c21-18-7-3-2-6-17(18)8-9-19(24)22-16-20(10-4-1-5-11-20)23-12-14-25-15-13-23/h2-3,6-9H,1,4-5,10-16H2,(H,22,24)/b9-8-. The molecule has 5 heteroatoms. The molecule has 0 radical (unpaired) electrons. The van der Waals surface area contributed by atoms with Crippen molar-refractivity contribution < 1.29 is 9.53 Å². The summed E-state index contributed by atoms with van der Waals surface area (Å²) < 4.78 is 5.51. The lowest BCUT2D eigenvalue weighted by Crippen LogP contribution is -2.59. The third-order valence-corrected chi connectivity index (χ3v) is 5.72. The highest BCUT2D eigenvalue weighted by Crippen LogP contribution is 2.33. The average molecular weight is 363 g/mol. The number of carbonyl (C=O) groups excluding carboxylic acids is 1. The highest BCUT2D eigenvalue weighted by atomic mass is 35.5. The molecule has 0 bridgehead atoms. The Balaban J connectivity index is 1.60. The first-order valence-corrected chi connectivity index (χ1v) is 9.61. The van der Waals surface area contributed by atoms with Crippen LogP contribution in [0, 0.1) is 0 Å². The van der Waals surface area contributed by atoms with Gasteiger partial charge < -0.3 is 10.1 Å². The molecule has 1 N–H and O–H groups in total. The Morgan fingerprint density at radius 3 is 2.64 bits per heavy atom. The van der Waals surface area contributed by atoms with Crippen LogP contribution in [-0.2, 0) is 9.53 Å². The second-order valence-electron chi connectivity index (χ2n) is 6.96. The minimum atomic E-state index is -0.0573. The molecule has 2 aliphatic rings. The van der Waals surface area contributed by atoms with Gasteiger partial charge in [-0.05, 0) is 30.5 Å². The molecular weight excluding hydrogens is 336 g/mol. The second-order valence-corrected chi connectivity index (χ2v) is 7.36. The first kappa shape index (κ1) is 18.4. The van der Waals surface area contributed by atoms with Gasteiger partial charge in [0.25, 0.3) is 0 Å². The zero-order valence-corrected chi connectivity index (χ0v) is 15.4. The number of halogens is 1. The molecule has 3 rings (SSSR count). The number of morpholine rings is 1. The second kappa shape index (κ2) is 8.84. The molecule has 1 aromatic carbocycles. The van der Waals surface area contributed by atoms with E-state index < -0.39 is 0 Å². The van der Waals surface area contributed by atoms with Crippen molar-refractivity contribution in [3.8, 4) is 0 Å². The van der Waals surface area contributed by atoms with Crippen molar-refractivity contribution in [2.24, 2.45) is 0 Å². The summed E-state index contributed by atoms with van der Waals surface area (Å²) in [5.74, 6) is -0.0573. The van der Waals surface area contributed by atoms with Crippen LogP contribution in [0.3, 0.4) is 0 Å². The lowest BCUT2D eigenvalue weighted by atomic mass is 9.79. The van der Waals surface area contributed by atoms with Gasteiger partial charge >= 0.3 is 0 Å². The number of ether oxygens (including phenoxy) is 1. The first-order valence-electron chi connectivity index (χ1n) is 9.23. The molecule has 0 unspecified atom stereocenters. The van der Waals surface area contributed by atoms with Gasteiger partial charge in [0.05, 0.1) is 13.2 Å². The Labute approximate surface area is 155 Å². The number of hydrogen-bond donors (Lipinski definition) is 1. The van der Waals surface area contributed by atoms with E-state index in [9.17, 15) is 4.79 Å². The molecule has 1 heterocycles.